The van der Waals surface area contributed by atoms with Crippen LogP contribution in [0.4, 0.5) is 13.2 Å². The van der Waals surface area contributed by atoms with Crippen LogP contribution in [0.15, 0.2) is 48.5 Å². The van der Waals surface area contributed by atoms with Gasteiger partial charge >= 0.3 is 6.36 Å². The Balaban J connectivity index is 0.00000176. The normalized spacial score (nSPS) is 25.9. The van der Waals surface area contributed by atoms with Gasteiger partial charge in [-0.15, -0.1) is 48.2 Å². The highest BCUT2D eigenvalue weighted by atomic mass is 35.5. The fourth-order valence-corrected chi connectivity index (χ4v) is 5.83. The maximum atomic E-state index is 12.9. The first kappa shape index (κ1) is 29.4. The second-order valence-electron chi connectivity index (χ2n) is 10.2. The van der Waals surface area contributed by atoms with Crippen molar-refractivity contribution in [3.05, 3.63) is 65.5 Å². The molecule has 13 heteroatoms. The topological polar surface area (TPSA) is 86.1 Å². The van der Waals surface area contributed by atoms with Gasteiger partial charge in [-0.2, -0.15) is 4.80 Å². The first-order valence-corrected chi connectivity index (χ1v) is 12.6. The molecule has 2 aliphatic heterocycles. The Kier molecular flexibility index (Phi) is 8.65. The molecule has 8 nitrogen and oxygen atoms in total. The molecule has 3 aromatic rings. The molecule has 1 aromatic heterocycles. The van der Waals surface area contributed by atoms with Crippen molar-refractivity contribution in [3.63, 3.8) is 0 Å². The predicted octanol–water partition coefficient (Wildman–Crippen LogP) is 4.79. The fraction of sp³-hybridized carbons (Fsp3) is 0.500. The monoisotopic (exact) mass is 586 g/mol. The van der Waals surface area contributed by atoms with E-state index in [9.17, 15) is 13.2 Å². The number of aromatic nitrogens is 4. The number of hydrogen-bond acceptors (Lipinski definition) is 7. The molecular weight excluding hydrogens is 556 g/mol. The molecule has 39 heavy (non-hydrogen) atoms. The maximum absolute atomic E-state index is 12.9. The van der Waals surface area contributed by atoms with Crippen LogP contribution < -0.4 is 20.1 Å². The average molecular weight is 587 g/mol. The van der Waals surface area contributed by atoms with E-state index in [0.717, 1.165) is 43.5 Å². The summed E-state index contributed by atoms with van der Waals surface area (Å²) in [5, 5.41) is 20.4. The minimum atomic E-state index is -4.75. The van der Waals surface area contributed by atoms with E-state index in [1.54, 1.807) is 13.1 Å². The van der Waals surface area contributed by atoms with Crippen LogP contribution in [0.3, 0.4) is 0 Å². The van der Waals surface area contributed by atoms with Crippen LogP contribution in [0.25, 0.3) is 0 Å². The number of halogens is 5. The maximum Gasteiger partial charge on any atom is 0.573 e. The molecule has 6 rings (SSSR count). The lowest BCUT2D eigenvalue weighted by molar-refractivity contribution is -0.274. The third kappa shape index (κ3) is 6.26. The van der Waals surface area contributed by atoms with Crippen molar-refractivity contribution in [1.29, 1.82) is 0 Å². The van der Waals surface area contributed by atoms with E-state index in [4.69, 9.17) is 4.74 Å². The Morgan fingerprint density at radius 3 is 2.51 bits per heavy atom. The highest BCUT2D eigenvalue weighted by Gasteiger charge is 2.54. The van der Waals surface area contributed by atoms with Gasteiger partial charge < -0.3 is 20.1 Å². The highest BCUT2D eigenvalue weighted by Crippen LogP contribution is 2.49. The zero-order valence-electron chi connectivity index (χ0n) is 21.2. The van der Waals surface area contributed by atoms with Gasteiger partial charge in [-0.1, -0.05) is 30.3 Å². The number of rotatable bonds is 8. The molecule has 0 unspecified atom stereocenters. The van der Waals surface area contributed by atoms with E-state index >= 15 is 0 Å². The molecule has 2 aromatic carbocycles. The predicted molar refractivity (Wildman–Crippen MR) is 142 cm³/mol. The quantitative estimate of drug-likeness (QED) is 0.392. The van der Waals surface area contributed by atoms with E-state index in [1.807, 2.05) is 18.2 Å². The molecule has 212 valence electrons. The van der Waals surface area contributed by atoms with E-state index in [-0.39, 0.29) is 60.2 Å². The van der Waals surface area contributed by atoms with Gasteiger partial charge in [0.15, 0.2) is 5.82 Å². The molecule has 2 saturated heterocycles. The summed E-state index contributed by atoms with van der Waals surface area (Å²) in [7, 11) is 1.76. The number of tetrazole rings is 1. The second kappa shape index (κ2) is 11.5. The molecule has 2 bridgehead atoms. The van der Waals surface area contributed by atoms with E-state index < -0.39 is 6.36 Å². The number of nitrogens with one attached hydrogen (secondary N) is 2. The molecular formula is C26H31Cl2F3N6O2. The molecule has 4 atom stereocenters. The third-order valence-electron chi connectivity index (χ3n) is 7.60. The summed E-state index contributed by atoms with van der Waals surface area (Å²) in [5.74, 6) is 1.18. The lowest BCUT2D eigenvalue weighted by Gasteiger charge is -2.43. The molecule has 0 spiro atoms. The van der Waals surface area contributed by atoms with E-state index in [2.05, 4.69) is 42.9 Å². The summed E-state index contributed by atoms with van der Waals surface area (Å²) >= 11 is 0. The molecule has 1 saturated carbocycles. The molecule has 3 fully saturated rings. The Morgan fingerprint density at radius 1 is 1.08 bits per heavy atom. The molecule has 0 radical (unpaired) electrons. The first-order chi connectivity index (χ1) is 17.8. The van der Waals surface area contributed by atoms with Crippen molar-refractivity contribution < 1.29 is 22.6 Å². The fourth-order valence-electron chi connectivity index (χ4n) is 5.83. The Labute approximate surface area is 236 Å². The number of alkyl halides is 3. The summed E-state index contributed by atoms with van der Waals surface area (Å²) in [4.78, 5) is 1.49. The number of piperidine rings is 1. The Hall–Kier alpha value is -2.60. The smallest absolute Gasteiger partial charge is 0.490 e. The first-order valence-electron chi connectivity index (χ1n) is 12.6. The molecule has 2 N–H and O–H groups in total. The van der Waals surface area contributed by atoms with Gasteiger partial charge in [0.25, 0.3) is 0 Å². The van der Waals surface area contributed by atoms with Crippen molar-refractivity contribution >= 4 is 24.8 Å². The zero-order chi connectivity index (χ0) is 25.6. The minimum absolute atomic E-state index is 0. The number of hydrogen-bond donors (Lipinski definition) is 2. The Morgan fingerprint density at radius 2 is 1.85 bits per heavy atom. The number of benzene rings is 2. The third-order valence-corrected chi connectivity index (χ3v) is 7.60. The minimum Gasteiger partial charge on any atom is -0.490 e. The number of ether oxygens (including phenoxy) is 2. The largest absolute Gasteiger partial charge is 0.573 e. The average Bonchev–Trinajstić information content (AvgIpc) is 3.50. The molecule has 3 heterocycles. The molecule has 3 aliphatic rings. The van der Waals surface area contributed by atoms with E-state index in [1.165, 1.54) is 16.9 Å². The summed E-state index contributed by atoms with van der Waals surface area (Å²) < 4.78 is 48.9. The zero-order valence-corrected chi connectivity index (χ0v) is 22.9. The number of aryl methyl sites for hydroxylation is 1. The number of nitrogens with zero attached hydrogens (tertiary/aromatic N) is 4. The van der Waals surface area contributed by atoms with Gasteiger partial charge in [0.1, 0.15) is 11.5 Å². The molecule has 0 amide bonds. The lowest BCUT2D eigenvalue weighted by Crippen LogP contribution is -2.58. The summed E-state index contributed by atoms with van der Waals surface area (Å²) in [5.41, 5.74) is 1.42. The van der Waals surface area contributed by atoms with Crippen molar-refractivity contribution in [2.45, 2.75) is 74.7 Å². The van der Waals surface area contributed by atoms with Crippen molar-refractivity contribution in [2.75, 3.05) is 0 Å². The molecule has 1 aliphatic carbocycles. The standard InChI is InChI=1S/C26H29F3N6O2.2ClH/c1-35-33-24(32-34-35)20-14-25(17-5-3-2-4-6-17)23(12-10-21(20)31-25)30-15-16-13-19(37-26(27,28)29)9-11-22(16)36-18-7-8-18;;/h2-6,9,11,13,18,20-21,23,30-31H,7-8,10,12,14-15H2,1H3;2*1H/t20-,21+,23-,25-;;/m1../s1. The van der Waals surface area contributed by atoms with Gasteiger partial charge in [-0.05, 0) is 61.1 Å². The van der Waals surface area contributed by atoms with Gasteiger partial charge in [0, 0.05) is 30.1 Å². The van der Waals surface area contributed by atoms with Crippen LogP contribution in [0.5, 0.6) is 11.5 Å². The van der Waals surface area contributed by atoms with Gasteiger partial charge in [0.05, 0.1) is 18.7 Å². The second-order valence-corrected chi connectivity index (χ2v) is 10.2. The van der Waals surface area contributed by atoms with Crippen LogP contribution in [0.1, 0.15) is 55.0 Å². The van der Waals surface area contributed by atoms with Gasteiger partial charge in [-0.25, -0.2) is 0 Å². The Bertz CT molecular complexity index is 1260. The SMILES string of the molecule is Cl.Cl.Cn1nnc([C@@H]2C[C@]3(c4ccccc4)N[C@H]2CC[C@H]3NCc2cc(OC(F)(F)F)ccc2OC2CC2)n1. The number of fused-ring (bicyclic) bond motifs is 2. The summed E-state index contributed by atoms with van der Waals surface area (Å²) in [6, 6.07) is 14.8. The van der Waals surface area contributed by atoms with Gasteiger partial charge in [0.2, 0.25) is 0 Å². The van der Waals surface area contributed by atoms with Crippen LogP contribution in [0, 0.1) is 0 Å². The van der Waals surface area contributed by atoms with Crippen molar-refractivity contribution in [1.82, 2.24) is 30.8 Å². The van der Waals surface area contributed by atoms with Crippen LogP contribution in [0.2, 0.25) is 0 Å². The lowest BCUT2D eigenvalue weighted by atomic mass is 9.78. The van der Waals surface area contributed by atoms with Gasteiger partial charge in [-0.3, -0.25) is 0 Å². The van der Waals surface area contributed by atoms with Crippen molar-refractivity contribution in [2.24, 2.45) is 7.05 Å². The van der Waals surface area contributed by atoms with Crippen LogP contribution >= 0.6 is 24.8 Å². The van der Waals surface area contributed by atoms with Crippen molar-refractivity contribution in [3.8, 4) is 11.5 Å². The highest BCUT2D eigenvalue weighted by molar-refractivity contribution is 5.85. The van der Waals surface area contributed by atoms with E-state index in [0.29, 0.717) is 17.9 Å². The summed E-state index contributed by atoms with van der Waals surface area (Å²) in [6.07, 6.45) is -0.133. The van der Waals surface area contributed by atoms with Crippen LogP contribution in [-0.2, 0) is 19.1 Å². The van der Waals surface area contributed by atoms with Crippen LogP contribution in [-0.4, -0.2) is 44.8 Å². The summed E-state index contributed by atoms with van der Waals surface area (Å²) in [6.45, 7) is 0.344.